The lowest BCUT2D eigenvalue weighted by Crippen LogP contribution is -2.43. The number of hydrogen-bond acceptors (Lipinski definition) is 7. The van der Waals surface area contributed by atoms with Gasteiger partial charge in [0.15, 0.2) is 11.5 Å². The zero-order chi connectivity index (χ0) is 22.1. The third-order valence-corrected chi connectivity index (χ3v) is 5.43. The Morgan fingerprint density at radius 1 is 1.03 bits per heavy atom. The standard InChI is InChI=1S/C22H22N2O7/c1-28-13-6-4-12(5-7-13)23-20(26)15-9-11-17(25)24(15)21-14-8-10-16(29-2)19(30-3)18(14)22(27)31-21/h4-8,10,15,21H,9,11H2,1-3H3,(H,23,26)/t15-,21-/m1/s1. The van der Waals surface area contributed by atoms with Crippen LogP contribution in [0.15, 0.2) is 36.4 Å². The molecule has 2 amide bonds. The molecule has 4 rings (SSSR count). The number of amides is 2. The van der Waals surface area contributed by atoms with Gasteiger partial charge < -0.3 is 24.3 Å². The van der Waals surface area contributed by atoms with Gasteiger partial charge in [-0.05, 0) is 42.8 Å². The molecule has 2 atom stereocenters. The summed E-state index contributed by atoms with van der Waals surface area (Å²) in [6, 6.07) is 9.37. The molecule has 2 aliphatic rings. The number of anilines is 1. The van der Waals surface area contributed by atoms with Crippen molar-refractivity contribution in [3.8, 4) is 17.2 Å². The van der Waals surface area contributed by atoms with E-state index < -0.39 is 18.2 Å². The summed E-state index contributed by atoms with van der Waals surface area (Å²) in [5.41, 5.74) is 1.22. The van der Waals surface area contributed by atoms with Gasteiger partial charge in [0.1, 0.15) is 17.4 Å². The molecule has 0 unspecified atom stereocenters. The smallest absolute Gasteiger partial charge is 0.344 e. The summed E-state index contributed by atoms with van der Waals surface area (Å²) in [4.78, 5) is 39.6. The number of hydrogen-bond donors (Lipinski definition) is 1. The maximum absolute atomic E-state index is 13.0. The Morgan fingerprint density at radius 2 is 1.77 bits per heavy atom. The molecule has 1 saturated heterocycles. The Labute approximate surface area is 178 Å². The fourth-order valence-electron chi connectivity index (χ4n) is 3.94. The van der Waals surface area contributed by atoms with E-state index in [1.807, 2.05) is 0 Å². The van der Waals surface area contributed by atoms with Gasteiger partial charge in [-0.1, -0.05) is 0 Å². The summed E-state index contributed by atoms with van der Waals surface area (Å²) in [5.74, 6) is 0.00867. The van der Waals surface area contributed by atoms with Crippen molar-refractivity contribution in [1.82, 2.24) is 4.90 Å². The van der Waals surface area contributed by atoms with Crippen molar-refractivity contribution in [1.29, 1.82) is 0 Å². The highest BCUT2D eigenvalue weighted by atomic mass is 16.6. The van der Waals surface area contributed by atoms with Crippen LogP contribution in [0.1, 0.15) is 35.0 Å². The minimum atomic E-state index is -1.01. The fraction of sp³-hybridized carbons (Fsp3) is 0.318. The molecule has 1 N–H and O–H groups in total. The molecule has 2 aromatic carbocycles. The molecule has 0 radical (unpaired) electrons. The van der Waals surface area contributed by atoms with Crippen LogP contribution in [0.4, 0.5) is 5.69 Å². The fourth-order valence-corrected chi connectivity index (χ4v) is 3.94. The Kier molecular flexibility index (Phi) is 5.41. The Balaban J connectivity index is 1.62. The number of cyclic esters (lactones) is 1. The normalized spacial score (nSPS) is 19.6. The maximum Gasteiger partial charge on any atom is 0.344 e. The number of benzene rings is 2. The molecule has 0 bridgehead atoms. The number of nitrogens with zero attached hydrogens (tertiary/aromatic N) is 1. The zero-order valence-corrected chi connectivity index (χ0v) is 17.3. The topological polar surface area (TPSA) is 103 Å². The van der Waals surface area contributed by atoms with Crippen molar-refractivity contribution < 1.29 is 33.3 Å². The second-order valence-corrected chi connectivity index (χ2v) is 7.10. The molecular formula is C22H22N2O7. The molecule has 162 valence electrons. The Hall–Kier alpha value is -3.75. The second-order valence-electron chi connectivity index (χ2n) is 7.10. The van der Waals surface area contributed by atoms with E-state index in [-0.39, 0.29) is 29.5 Å². The van der Waals surface area contributed by atoms with E-state index in [2.05, 4.69) is 5.32 Å². The second kappa shape index (κ2) is 8.17. The first-order chi connectivity index (χ1) is 15.0. The highest BCUT2D eigenvalue weighted by Crippen LogP contribution is 2.45. The predicted octanol–water partition coefficient (Wildman–Crippen LogP) is 2.51. The first-order valence-electron chi connectivity index (χ1n) is 9.70. The third-order valence-electron chi connectivity index (χ3n) is 5.43. The van der Waals surface area contributed by atoms with Crippen molar-refractivity contribution in [2.24, 2.45) is 0 Å². The van der Waals surface area contributed by atoms with Crippen molar-refractivity contribution in [3.63, 3.8) is 0 Å². The summed E-state index contributed by atoms with van der Waals surface area (Å²) >= 11 is 0. The highest BCUT2D eigenvalue weighted by molar-refractivity contribution is 6.01. The van der Waals surface area contributed by atoms with E-state index in [1.165, 1.54) is 19.1 Å². The summed E-state index contributed by atoms with van der Waals surface area (Å²) in [7, 11) is 4.44. The van der Waals surface area contributed by atoms with Gasteiger partial charge in [0.05, 0.1) is 21.3 Å². The van der Waals surface area contributed by atoms with Crippen molar-refractivity contribution >= 4 is 23.5 Å². The van der Waals surface area contributed by atoms with Gasteiger partial charge >= 0.3 is 5.97 Å². The van der Waals surface area contributed by atoms with Gasteiger partial charge in [0, 0.05) is 17.7 Å². The molecule has 31 heavy (non-hydrogen) atoms. The predicted molar refractivity (Wildman–Crippen MR) is 109 cm³/mol. The van der Waals surface area contributed by atoms with Crippen LogP contribution in [0, 0.1) is 0 Å². The average Bonchev–Trinajstić information content (AvgIpc) is 3.33. The van der Waals surface area contributed by atoms with E-state index in [4.69, 9.17) is 18.9 Å². The number of carbonyl (C=O) groups is 3. The van der Waals surface area contributed by atoms with E-state index >= 15 is 0 Å². The Morgan fingerprint density at radius 3 is 2.42 bits per heavy atom. The molecule has 0 aliphatic carbocycles. The monoisotopic (exact) mass is 426 g/mol. The Bertz CT molecular complexity index is 1030. The summed E-state index contributed by atoms with van der Waals surface area (Å²) in [5, 5.41) is 2.81. The van der Waals surface area contributed by atoms with Crippen molar-refractivity contribution in [2.75, 3.05) is 26.6 Å². The molecule has 2 aliphatic heterocycles. The largest absolute Gasteiger partial charge is 0.497 e. The minimum Gasteiger partial charge on any atom is -0.497 e. The molecular weight excluding hydrogens is 404 g/mol. The SMILES string of the molecule is COc1ccc(NC(=O)[C@H]2CCC(=O)N2[C@@H]2OC(=O)c3c2ccc(OC)c3OC)cc1. The highest BCUT2D eigenvalue weighted by Gasteiger charge is 2.47. The van der Waals surface area contributed by atoms with Crippen LogP contribution >= 0.6 is 0 Å². The lowest BCUT2D eigenvalue weighted by Gasteiger charge is -2.29. The van der Waals surface area contributed by atoms with Gasteiger partial charge in [0.25, 0.3) is 0 Å². The number of fused-ring (bicyclic) bond motifs is 1. The molecule has 9 heteroatoms. The van der Waals surface area contributed by atoms with Crippen LogP contribution in [0.2, 0.25) is 0 Å². The van der Waals surface area contributed by atoms with E-state index in [0.29, 0.717) is 29.2 Å². The summed E-state index contributed by atoms with van der Waals surface area (Å²) < 4.78 is 21.2. The number of ether oxygens (including phenoxy) is 4. The molecule has 2 aromatic rings. The molecule has 1 fully saturated rings. The number of likely N-dealkylation sites (tertiary alicyclic amines) is 1. The molecule has 0 spiro atoms. The quantitative estimate of drug-likeness (QED) is 0.708. The molecule has 0 aromatic heterocycles. The average molecular weight is 426 g/mol. The molecule has 9 nitrogen and oxygen atoms in total. The molecule has 0 saturated carbocycles. The number of carbonyl (C=O) groups excluding carboxylic acids is 3. The lowest BCUT2D eigenvalue weighted by atomic mass is 10.1. The summed E-state index contributed by atoms with van der Waals surface area (Å²) in [6.07, 6.45) is -0.515. The van der Waals surface area contributed by atoms with Crippen LogP contribution < -0.4 is 19.5 Å². The maximum atomic E-state index is 13.0. The van der Waals surface area contributed by atoms with E-state index in [1.54, 1.807) is 43.5 Å². The van der Waals surface area contributed by atoms with Gasteiger partial charge in [-0.2, -0.15) is 0 Å². The van der Waals surface area contributed by atoms with Gasteiger partial charge in [0.2, 0.25) is 18.0 Å². The van der Waals surface area contributed by atoms with Crippen LogP contribution in [-0.4, -0.2) is 50.1 Å². The number of methoxy groups -OCH3 is 3. The number of esters is 1. The van der Waals surface area contributed by atoms with Crippen LogP contribution in [0.25, 0.3) is 0 Å². The van der Waals surface area contributed by atoms with Gasteiger partial charge in [-0.25, -0.2) is 4.79 Å². The van der Waals surface area contributed by atoms with Crippen LogP contribution in [0.5, 0.6) is 17.2 Å². The number of nitrogens with one attached hydrogen (secondary N) is 1. The van der Waals surface area contributed by atoms with Gasteiger partial charge in [-0.3, -0.25) is 14.5 Å². The summed E-state index contributed by atoms with van der Waals surface area (Å²) in [6.45, 7) is 0. The zero-order valence-electron chi connectivity index (χ0n) is 17.3. The first-order valence-corrected chi connectivity index (χ1v) is 9.70. The number of rotatable bonds is 6. The van der Waals surface area contributed by atoms with Crippen molar-refractivity contribution in [3.05, 3.63) is 47.5 Å². The first kappa shape index (κ1) is 20.5. The van der Waals surface area contributed by atoms with E-state index in [9.17, 15) is 14.4 Å². The van der Waals surface area contributed by atoms with Crippen LogP contribution in [0.3, 0.4) is 0 Å². The third kappa shape index (κ3) is 3.52. The van der Waals surface area contributed by atoms with Crippen molar-refractivity contribution in [2.45, 2.75) is 25.1 Å². The van der Waals surface area contributed by atoms with Gasteiger partial charge in [-0.15, -0.1) is 0 Å². The minimum absolute atomic E-state index is 0.178. The molecule has 2 heterocycles. The van der Waals surface area contributed by atoms with E-state index in [0.717, 1.165) is 0 Å². The lowest BCUT2D eigenvalue weighted by molar-refractivity contribution is -0.144. The van der Waals surface area contributed by atoms with Crippen LogP contribution in [-0.2, 0) is 14.3 Å².